The summed E-state index contributed by atoms with van der Waals surface area (Å²) in [7, 11) is -1.69. The molecule has 0 aliphatic heterocycles. The lowest BCUT2D eigenvalue weighted by Gasteiger charge is -2.30. The molecule has 17 heavy (non-hydrogen) atoms. The molecule has 1 aliphatic rings. The molecular weight excluding hydrogens is 238 g/mol. The zero-order valence-electron chi connectivity index (χ0n) is 9.85. The molecule has 0 spiro atoms. The second kappa shape index (κ2) is 5.16. The Balaban J connectivity index is 1.85. The summed E-state index contributed by atoms with van der Waals surface area (Å²) in [6, 6.07) is 8.15. The minimum atomic E-state index is -3.19. The highest BCUT2D eigenvalue weighted by atomic mass is 32.2. The maximum atomic E-state index is 11.6. The zero-order chi connectivity index (χ0) is 12.3. The van der Waals surface area contributed by atoms with Gasteiger partial charge >= 0.3 is 0 Å². The van der Waals surface area contributed by atoms with Crippen molar-refractivity contribution in [1.82, 2.24) is 4.72 Å². The summed E-state index contributed by atoms with van der Waals surface area (Å²) in [6.45, 7) is 0.722. The third-order valence-corrected chi connectivity index (χ3v) is 4.38. The normalized spacial score (nSPS) is 18.5. The number of nitrogens with one attached hydrogen (secondary N) is 1. The van der Waals surface area contributed by atoms with Crippen molar-refractivity contribution in [3.63, 3.8) is 0 Å². The molecule has 1 aromatic rings. The van der Waals surface area contributed by atoms with Gasteiger partial charge in [-0.25, -0.2) is 13.1 Å². The molecule has 94 valence electrons. The number of rotatable bonds is 6. The molecule has 0 amide bonds. The predicted molar refractivity (Wildman–Crippen MR) is 66.6 cm³/mol. The molecule has 0 unspecified atom stereocenters. The largest absolute Gasteiger partial charge is 0.384 e. The van der Waals surface area contributed by atoms with Gasteiger partial charge in [-0.05, 0) is 17.5 Å². The standard InChI is InChI=1S/C12H17NO3S/c1-16-6-7-17(14,15)13-9-11-8-10-4-2-3-5-12(10)11/h2-5,11,13H,6-9H2,1H3/t11-/m0/s1. The average Bonchev–Trinajstić information content (AvgIpc) is 2.28. The van der Waals surface area contributed by atoms with Crippen LogP contribution in [0.1, 0.15) is 17.0 Å². The van der Waals surface area contributed by atoms with E-state index < -0.39 is 10.0 Å². The van der Waals surface area contributed by atoms with E-state index in [0.29, 0.717) is 12.5 Å². The second-order valence-electron chi connectivity index (χ2n) is 4.26. The van der Waals surface area contributed by atoms with Gasteiger partial charge in [-0.15, -0.1) is 0 Å². The Morgan fingerprint density at radius 1 is 1.41 bits per heavy atom. The summed E-state index contributed by atoms with van der Waals surface area (Å²) >= 11 is 0. The molecule has 1 N–H and O–H groups in total. The van der Waals surface area contributed by atoms with Crippen molar-refractivity contribution in [2.75, 3.05) is 26.0 Å². The van der Waals surface area contributed by atoms with Crippen LogP contribution >= 0.6 is 0 Å². The molecule has 0 heterocycles. The minimum absolute atomic E-state index is 0.0257. The fourth-order valence-corrected chi connectivity index (χ4v) is 3.02. The lowest BCUT2D eigenvalue weighted by molar-refractivity contribution is 0.217. The van der Waals surface area contributed by atoms with Crippen LogP contribution < -0.4 is 4.72 Å². The van der Waals surface area contributed by atoms with Crippen molar-refractivity contribution in [2.24, 2.45) is 0 Å². The highest BCUT2D eigenvalue weighted by molar-refractivity contribution is 7.89. The van der Waals surface area contributed by atoms with Crippen LogP contribution in [0.2, 0.25) is 0 Å². The molecule has 0 aromatic heterocycles. The molecule has 0 radical (unpaired) electrons. The van der Waals surface area contributed by atoms with Gasteiger partial charge in [0.15, 0.2) is 0 Å². The minimum Gasteiger partial charge on any atom is -0.384 e. The van der Waals surface area contributed by atoms with E-state index in [2.05, 4.69) is 16.9 Å². The fourth-order valence-electron chi connectivity index (χ4n) is 2.04. The number of hydrogen-bond acceptors (Lipinski definition) is 3. The summed E-state index contributed by atoms with van der Waals surface area (Å²) < 4.78 is 30.5. The van der Waals surface area contributed by atoms with Gasteiger partial charge < -0.3 is 4.74 Å². The lowest BCUT2D eigenvalue weighted by Crippen LogP contribution is -2.35. The van der Waals surface area contributed by atoms with Crippen molar-refractivity contribution in [2.45, 2.75) is 12.3 Å². The van der Waals surface area contributed by atoms with Crippen LogP contribution in [0.15, 0.2) is 24.3 Å². The van der Waals surface area contributed by atoms with E-state index in [-0.39, 0.29) is 12.4 Å². The van der Waals surface area contributed by atoms with E-state index >= 15 is 0 Å². The Morgan fingerprint density at radius 2 is 2.18 bits per heavy atom. The monoisotopic (exact) mass is 255 g/mol. The number of sulfonamides is 1. The van der Waals surface area contributed by atoms with E-state index in [1.54, 1.807) is 0 Å². The van der Waals surface area contributed by atoms with Crippen molar-refractivity contribution in [1.29, 1.82) is 0 Å². The van der Waals surface area contributed by atoms with Crippen LogP contribution in [0.25, 0.3) is 0 Å². The van der Waals surface area contributed by atoms with Crippen molar-refractivity contribution in [3.05, 3.63) is 35.4 Å². The Hall–Kier alpha value is -0.910. The number of methoxy groups -OCH3 is 1. The molecule has 1 aliphatic carbocycles. The number of ether oxygens (including phenoxy) is 1. The van der Waals surface area contributed by atoms with E-state index in [4.69, 9.17) is 4.74 Å². The van der Waals surface area contributed by atoms with Crippen LogP contribution in [0.3, 0.4) is 0 Å². The van der Waals surface area contributed by atoms with Gasteiger partial charge in [0.25, 0.3) is 0 Å². The first-order valence-electron chi connectivity index (χ1n) is 5.66. The van der Waals surface area contributed by atoms with Gasteiger partial charge in [-0.3, -0.25) is 0 Å². The third kappa shape index (κ3) is 3.06. The first kappa shape index (κ1) is 12.5. The zero-order valence-corrected chi connectivity index (χ0v) is 10.7. The third-order valence-electron chi connectivity index (χ3n) is 3.07. The fraction of sp³-hybridized carbons (Fsp3) is 0.500. The lowest BCUT2D eigenvalue weighted by atomic mass is 9.78. The van der Waals surface area contributed by atoms with E-state index in [1.807, 2.05) is 12.1 Å². The number of benzene rings is 1. The van der Waals surface area contributed by atoms with Gasteiger partial charge in [-0.1, -0.05) is 24.3 Å². The van der Waals surface area contributed by atoms with Crippen LogP contribution in [-0.2, 0) is 21.2 Å². The van der Waals surface area contributed by atoms with Gasteiger partial charge in [0.2, 0.25) is 10.0 Å². The van der Waals surface area contributed by atoms with Crippen LogP contribution in [-0.4, -0.2) is 34.4 Å². The number of hydrogen-bond donors (Lipinski definition) is 1. The smallest absolute Gasteiger partial charge is 0.213 e. The summed E-state index contributed by atoms with van der Waals surface area (Å²) in [5.41, 5.74) is 2.59. The van der Waals surface area contributed by atoms with E-state index in [0.717, 1.165) is 6.42 Å². The van der Waals surface area contributed by atoms with Crippen molar-refractivity contribution < 1.29 is 13.2 Å². The highest BCUT2D eigenvalue weighted by Crippen LogP contribution is 2.34. The SMILES string of the molecule is COCCS(=O)(=O)NC[C@@H]1Cc2ccccc21. The summed E-state index contributed by atoms with van der Waals surface area (Å²) in [5, 5.41) is 0. The summed E-state index contributed by atoms with van der Waals surface area (Å²) in [5.74, 6) is 0.348. The van der Waals surface area contributed by atoms with Gasteiger partial charge in [0, 0.05) is 19.6 Å². The topological polar surface area (TPSA) is 55.4 Å². The Labute approximate surface area is 102 Å². The highest BCUT2D eigenvalue weighted by Gasteiger charge is 2.26. The number of fused-ring (bicyclic) bond motifs is 1. The molecule has 0 bridgehead atoms. The molecule has 1 aromatic carbocycles. The quantitative estimate of drug-likeness (QED) is 0.821. The molecule has 5 heteroatoms. The van der Waals surface area contributed by atoms with Gasteiger partial charge in [0.1, 0.15) is 0 Å². The van der Waals surface area contributed by atoms with Crippen molar-refractivity contribution >= 4 is 10.0 Å². The maximum absolute atomic E-state index is 11.6. The summed E-state index contributed by atoms with van der Waals surface area (Å²) in [6.07, 6.45) is 0.961. The first-order chi connectivity index (χ1) is 8.12. The molecule has 1 atom stereocenters. The van der Waals surface area contributed by atoms with Crippen LogP contribution in [0, 0.1) is 0 Å². The maximum Gasteiger partial charge on any atom is 0.213 e. The molecule has 0 fully saturated rings. The average molecular weight is 255 g/mol. The van der Waals surface area contributed by atoms with E-state index in [1.165, 1.54) is 18.2 Å². The molecule has 2 rings (SSSR count). The van der Waals surface area contributed by atoms with Crippen LogP contribution in [0.4, 0.5) is 0 Å². The molecule has 4 nitrogen and oxygen atoms in total. The second-order valence-corrected chi connectivity index (χ2v) is 6.19. The molecule has 0 saturated heterocycles. The van der Waals surface area contributed by atoms with Gasteiger partial charge in [0.05, 0.1) is 12.4 Å². The van der Waals surface area contributed by atoms with E-state index in [9.17, 15) is 8.42 Å². The molecular formula is C12H17NO3S. The van der Waals surface area contributed by atoms with Gasteiger partial charge in [-0.2, -0.15) is 0 Å². The molecule has 0 saturated carbocycles. The first-order valence-corrected chi connectivity index (χ1v) is 7.31. The van der Waals surface area contributed by atoms with Crippen molar-refractivity contribution in [3.8, 4) is 0 Å². The van der Waals surface area contributed by atoms with Crippen LogP contribution in [0.5, 0.6) is 0 Å². The Morgan fingerprint density at radius 3 is 2.88 bits per heavy atom. The Kier molecular flexibility index (Phi) is 3.81. The summed E-state index contributed by atoms with van der Waals surface area (Å²) in [4.78, 5) is 0. The predicted octanol–water partition coefficient (Wildman–Crippen LogP) is 0.892. The Bertz CT molecular complexity index is 484.